The average Bonchev–Trinajstić information content (AvgIpc) is 2.42. The first-order valence-electron chi connectivity index (χ1n) is 6.29. The largest absolute Gasteiger partial charge is 0.317 e. The molecule has 1 heterocycles. The van der Waals surface area contributed by atoms with Gasteiger partial charge in [0, 0.05) is 30.2 Å². The van der Waals surface area contributed by atoms with Crippen LogP contribution in [0.25, 0.3) is 0 Å². The third-order valence-electron chi connectivity index (χ3n) is 2.54. The van der Waals surface area contributed by atoms with Crippen LogP contribution in [0, 0.1) is 18.8 Å². The van der Waals surface area contributed by atoms with Crippen LogP contribution in [0.3, 0.4) is 0 Å². The Morgan fingerprint density at radius 2 is 1.71 bits per heavy atom. The first-order valence-corrected chi connectivity index (χ1v) is 7.11. The fourth-order valence-electron chi connectivity index (χ4n) is 2.03. The van der Waals surface area contributed by atoms with Gasteiger partial charge in [-0.2, -0.15) is 0 Å². The molecule has 0 atom stereocenters. The van der Waals surface area contributed by atoms with Gasteiger partial charge in [-0.05, 0) is 18.8 Å². The molecule has 0 fully saturated rings. The molecule has 98 valence electrons. The Balaban J connectivity index is 2.71. The molecular formula is C13H24N2OS. The summed E-state index contributed by atoms with van der Waals surface area (Å²) in [6.07, 6.45) is 0. The smallest absolute Gasteiger partial charge is 0.304 e. The van der Waals surface area contributed by atoms with E-state index in [4.69, 9.17) is 0 Å². The summed E-state index contributed by atoms with van der Waals surface area (Å²) < 4.78 is 0. The van der Waals surface area contributed by atoms with E-state index < -0.39 is 0 Å². The standard InChI is InChI=1S/C13H24N2OS/c1-9(2)6-15(7-10(3)4)8-12-11(5)14-13(16)17-12/h9-10H,6-8H2,1-5H3,(H,14,16). The maximum atomic E-state index is 11.3. The van der Waals surface area contributed by atoms with Gasteiger partial charge in [0.2, 0.25) is 0 Å². The summed E-state index contributed by atoms with van der Waals surface area (Å²) in [5.74, 6) is 1.31. The van der Waals surface area contributed by atoms with Crippen LogP contribution in [0.5, 0.6) is 0 Å². The molecule has 17 heavy (non-hydrogen) atoms. The molecule has 0 unspecified atom stereocenters. The minimum absolute atomic E-state index is 0.0616. The molecule has 0 radical (unpaired) electrons. The highest BCUT2D eigenvalue weighted by atomic mass is 32.1. The Labute approximate surface area is 108 Å². The number of aryl methyl sites for hydroxylation is 1. The second-order valence-corrected chi connectivity index (χ2v) is 6.61. The van der Waals surface area contributed by atoms with Crippen LogP contribution < -0.4 is 4.87 Å². The van der Waals surface area contributed by atoms with Crippen molar-refractivity contribution in [1.82, 2.24) is 9.88 Å². The van der Waals surface area contributed by atoms with Gasteiger partial charge >= 0.3 is 4.87 Å². The van der Waals surface area contributed by atoms with Crippen molar-refractivity contribution < 1.29 is 0 Å². The fraction of sp³-hybridized carbons (Fsp3) is 0.769. The van der Waals surface area contributed by atoms with E-state index in [1.54, 1.807) is 0 Å². The molecule has 0 aliphatic carbocycles. The van der Waals surface area contributed by atoms with Crippen LogP contribution in [0.4, 0.5) is 0 Å². The average molecular weight is 256 g/mol. The van der Waals surface area contributed by atoms with Gasteiger partial charge in [-0.3, -0.25) is 9.69 Å². The van der Waals surface area contributed by atoms with Gasteiger partial charge in [0.15, 0.2) is 0 Å². The lowest BCUT2D eigenvalue weighted by molar-refractivity contribution is 0.213. The first-order chi connectivity index (χ1) is 7.88. The van der Waals surface area contributed by atoms with Crippen LogP contribution in [0.15, 0.2) is 4.79 Å². The Morgan fingerprint density at radius 1 is 1.18 bits per heavy atom. The molecule has 0 bridgehead atoms. The Hall–Kier alpha value is -0.610. The van der Waals surface area contributed by atoms with E-state index in [0.29, 0.717) is 11.8 Å². The molecule has 0 aromatic carbocycles. The third kappa shape index (κ3) is 5.04. The molecule has 0 spiro atoms. The summed E-state index contributed by atoms with van der Waals surface area (Å²) in [6.45, 7) is 14.0. The van der Waals surface area contributed by atoms with Crippen molar-refractivity contribution in [2.45, 2.75) is 41.2 Å². The topological polar surface area (TPSA) is 36.1 Å². The summed E-state index contributed by atoms with van der Waals surface area (Å²) in [6, 6.07) is 0. The van der Waals surface area contributed by atoms with E-state index in [1.165, 1.54) is 16.2 Å². The maximum Gasteiger partial charge on any atom is 0.304 e. The molecule has 1 aromatic rings. The zero-order valence-electron chi connectivity index (χ0n) is 11.5. The van der Waals surface area contributed by atoms with Crippen LogP contribution in [0.2, 0.25) is 0 Å². The van der Waals surface area contributed by atoms with Gasteiger partial charge in [0.1, 0.15) is 0 Å². The van der Waals surface area contributed by atoms with Crippen molar-refractivity contribution in [3.05, 3.63) is 20.2 Å². The number of aromatic amines is 1. The van der Waals surface area contributed by atoms with Gasteiger partial charge in [-0.1, -0.05) is 39.0 Å². The second kappa shape index (κ2) is 6.36. The molecule has 1 aromatic heterocycles. The number of thiazole rings is 1. The predicted octanol–water partition coefficient (Wildman–Crippen LogP) is 2.86. The number of hydrogen-bond donors (Lipinski definition) is 1. The molecule has 1 N–H and O–H groups in total. The number of nitrogens with zero attached hydrogens (tertiary/aromatic N) is 1. The monoisotopic (exact) mass is 256 g/mol. The van der Waals surface area contributed by atoms with Crippen molar-refractivity contribution in [1.29, 1.82) is 0 Å². The summed E-state index contributed by atoms with van der Waals surface area (Å²) in [4.78, 5) is 17.8. The number of hydrogen-bond acceptors (Lipinski definition) is 3. The number of nitrogens with one attached hydrogen (secondary N) is 1. The molecular weight excluding hydrogens is 232 g/mol. The summed E-state index contributed by atoms with van der Waals surface area (Å²) >= 11 is 1.34. The molecule has 0 aliphatic rings. The molecule has 0 saturated carbocycles. The molecule has 1 rings (SSSR count). The third-order valence-corrected chi connectivity index (χ3v) is 3.51. The van der Waals surface area contributed by atoms with Gasteiger partial charge in [-0.15, -0.1) is 0 Å². The minimum Gasteiger partial charge on any atom is -0.317 e. The molecule has 4 heteroatoms. The van der Waals surface area contributed by atoms with Gasteiger partial charge in [0.05, 0.1) is 0 Å². The van der Waals surface area contributed by atoms with E-state index in [-0.39, 0.29) is 4.87 Å². The Morgan fingerprint density at radius 3 is 2.06 bits per heavy atom. The summed E-state index contributed by atoms with van der Waals surface area (Å²) in [7, 11) is 0. The van der Waals surface area contributed by atoms with Gasteiger partial charge < -0.3 is 4.98 Å². The van der Waals surface area contributed by atoms with Gasteiger partial charge in [-0.25, -0.2) is 0 Å². The SMILES string of the molecule is Cc1[nH]c(=O)sc1CN(CC(C)C)CC(C)C. The maximum absolute atomic E-state index is 11.3. The van der Waals surface area contributed by atoms with Crippen LogP contribution in [-0.4, -0.2) is 23.0 Å². The first kappa shape index (κ1) is 14.5. The van der Waals surface area contributed by atoms with Crippen molar-refractivity contribution in [2.75, 3.05) is 13.1 Å². The lowest BCUT2D eigenvalue weighted by Gasteiger charge is -2.25. The van der Waals surface area contributed by atoms with E-state index in [2.05, 4.69) is 37.6 Å². The predicted molar refractivity (Wildman–Crippen MR) is 74.6 cm³/mol. The Bertz CT molecular complexity index is 382. The van der Waals surface area contributed by atoms with Crippen LogP contribution in [-0.2, 0) is 6.54 Å². The number of aromatic nitrogens is 1. The normalized spacial score (nSPS) is 12.0. The van der Waals surface area contributed by atoms with E-state index in [9.17, 15) is 4.79 Å². The summed E-state index contributed by atoms with van der Waals surface area (Å²) in [5.41, 5.74) is 1.03. The van der Waals surface area contributed by atoms with E-state index >= 15 is 0 Å². The lowest BCUT2D eigenvalue weighted by Crippen LogP contribution is -2.30. The fourth-order valence-corrected chi connectivity index (χ4v) is 2.91. The van der Waals surface area contributed by atoms with Crippen molar-refractivity contribution in [3.8, 4) is 0 Å². The lowest BCUT2D eigenvalue weighted by atomic mass is 10.1. The van der Waals surface area contributed by atoms with Crippen molar-refractivity contribution in [3.63, 3.8) is 0 Å². The summed E-state index contributed by atoms with van der Waals surface area (Å²) in [5, 5.41) is 0. The molecule has 0 saturated heterocycles. The second-order valence-electron chi connectivity index (χ2n) is 5.54. The van der Waals surface area contributed by atoms with Crippen LogP contribution in [0.1, 0.15) is 38.3 Å². The number of H-pyrrole nitrogens is 1. The molecule has 3 nitrogen and oxygen atoms in total. The highest BCUT2D eigenvalue weighted by molar-refractivity contribution is 7.09. The van der Waals surface area contributed by atoms with Crippen molar-refractivity contribution in [2.24, 2.45) is 11.8 Å². The zero-order chi connectivity index (χ0) is 13.0. The minimum atomic E-state index is 0.0616. The molecule has 0 aliphatic heterocycles. The van der Waals surface area contributed by atoms with Gasteiger partial charge in [0.25, 0.3) is 0 Å². The van der Waals surface area contributed by atoms with Crippen molar-refractivity contribution >= 4 is 11.3 Å². The zero-order valence-corrected chi connectivity index (χ0v) is 12.4. The highest BCUT2D eigenvalue weighted by Crippen LogP contribution is 2.14. The van der Waals surface area contributed by atoms with Crippen LogP contribution >= 0.6 is 11.3 Å². The van der Waals surface area contributed by atoms with E-state index in [0.717, 1.165) is 25.3 Å². The van der Waals surface area contributed by atoms with E-state index in [1.807, 2.05) is 6.92 Å². The molecule has 0 amide bonds. The Kier molecular flexibility index (Phi) is 5.40. The highest BCUT2D eigenvalue weighted by Gasteiger charge is 2.13. The quantitative estimate of drug-likeness (QED) is 0.849. The number of rotatable bonds is 6.